The molecular formula is C13H17BrO4. The van der Waals surface area contributed by atoms with Crippen molar-refractivity contribution in [2.45, 2.75) is 38.9 Å². The van der Waals surface area contributed by atoms with Crippen molar-refractivity contribution in [1.29, 1.82) is 0 Å². The van der Waals surface area contributed by atoms with E-state index >= 15 is 0 Å². The number of aliphatic hydroxyl groups is 1. The number of halogens is 1. The topological polar surface area (TPSA) is 66.8 Å². The monoisotopic (exact) mass is 316 g/mol. The van der Waals surface area contributed by atoms with Crippen molar-refractivity contribution >= 4 is 21.9 Å². The Hall–Kier alpha value is -1.07. The van der Waals surface area contributed by atoms with Gasteiger partial charge in [0.15, 0.2) is 6.10 Å². The van der Waals surface area contributed by atoms with Gasteiger partial charge in [-0.3, -0.25) is 0 Å². The van der Waals surface area contributed by atoms with Gasteiger partial charge in [0, 0.05) is 10.0 Å². The predicted molar refractivity (Wildman–Crippen MR) is 71.7 cm³/mol. The van der Waals surface area contributed by atoms with Crippen LogP contribution in [0.2, 0.25) is 0 Å². The lowest BCUT2D eigenvalue weighted by Gasteiger charge is -2.18. The molecule has 1 unspecified atom stereocenters. The Labute approximate surface area is 115 Å². The normalized spacial score (nSPS) is 14.0. The van der Waals surface area contributed by atoms with E-state index in [4.69, 9.17) is 9.84 Å². The van der Waals surface area contributed by atoms with E-state index in [0.29, 0.717) is 17.7 Å². The molecule has 100 valence electrons. The van der Waals surface area contributed by atoms with E-state index in [9.17, 15) is 9.90 Å². The van der Waals surface area contributed by atoms with Gasteiger partial charge in [-0.25, -0.2) is 4.79 Å². The highest BCUT2D eigenvalue weighted by atomic mass is 79.9. The lowest BCUT2D eigenvalue weighted by molar-refractivity contribution is -0.145. The van der Waals surface area contributed by atoms with E-state index in [1.807, 2.05) is 6.92 Å². The van der Waals surface area contributed by atoms with E-state index in [2.05, 4.69) is 15.9 Å². The molecule has 0 saturated heterocycles. The van der Waals surface area contributed by atoms with E-state index in [1.165, 1.54) is 0 Å². The van der Waals surface area contributed by atoms with Gasteiger partial charge in [-0.1, -0.05) is 35.3 Å². The van der Waals surface area contributed by atoms with Gasteiger partial charge in [-0.15, -0.1) is 0 Å². The molecule has 0 spiro atoms. The fraction of sp³-hybridized carbons (Fsp3) is 0.462. The van der Waals surface area contributed by atoms with Crippen molar-refractivity contribution in [3.63, 3.8) is 0 Å². The van der Waals surface area contributed by atoms with Crippen molar-refractivity contribution < 1.29 is 19.7 Å². The maximum atomic E-state index is 11.1. The van der Waals surface area contributed by atoms with Crippen LogP contribution in [0.3, 0.4) is 0 Å². The maximum Gasteiger partial charge on any atom is 0.344 e. The molecule has 2 N–H and O–H groups in total. The van der Waals surface area contributed by atoms with Crippen LogP contribution in [0.1, 0.15) is 38.4 Å². The molecule has 0 aliphatic rings. The largest absolute Gasteiger partial charge is 0.479 e. The quantitative estimate of drug-likeness (QED) is 0.846. The van der Waals surface area contributed by atoms with Crippen LogP contribution in [-0.2, 0) is 4.79 Å². The summed E-state index contributed by atoms with van der Waals surface area (Å²) in [6.07, 6.45) is -0.443. The minimum atomic E-state index is -0.992. The third-order valence-corrected chi connectivity index (χ3v) is 3.01. The second-order valence-corrected chi connectivity index (χ2v) is 5.01. The third kappa shape index (κ3) is 3.99. The smallest absolute Gasteiger partial charge is 0.344 e. The summed E-state index contributed by atoms with van der Waals surface area (Å²) in [5.41, 5.74) is 0.584. The number of rotatable bonds is 6. The van der Waals surface area contributed by atoms with Crippen molar-refractivity contribution in [3.8, 4) is 5.75 Å². The van der Waals surface area contributed by atoms with Crippen molar-refractivity contribution in [1.82, 2.24) is 0 Å². The number of carbonyl (C=O) groups is 1. The number of hydrogen-bond donors (Lipinski definition) is 2. The Kier molecular flexibility index (Phi) is 5.62. The zero-order chi connectivity index (χ0) is 13.7. The van der Waals surface area contributed by atoms with Crippen LogP contribution in [0.25, 0.3) is 0 Å². The summed E-state index contributed by atoms with van der Waals surface area (Å²) in [5.74, 6) is -0.589. The summed E-state index contributed by atoms with van der Waals surface area (Å²) in [7, 11) is 0. The van der Waals surface area contributed by atoms with Crippen LogP contribution in [-0.4, -0.2) is 22.3 Å². The highest BCUT2D eigenvalue weighted by Crippen LogP contribution is 2.29. The Balaban J connectivity index is 3.00. The Morgan fingerprint density at radius 1 is 1.50 bits per heavy atom. The SMILES string of the molecule is CCCC(Oc1cc(Br)ccc1[C@@H](C)O)C(=O)O. The first-order valence-electron chi connectivity index (χ1n) is 5.82. The van der Waals surface area contributed by atoms with Crippen molar-refractivity contribution in [2.24, 2.45) is 0 Å². The molecule has 5 heteroatoms. The summed E-state index contributed by atoms with van der Waals surface area (Å²) in [4.78, 5) is 11.1. The first-order valence-corrected chi connectivity index (χ1v) is 6.62. The average Bonchev–Trinajstić information content (AvgIpc) is 2.28. The molecule has 1 aromatic carbocycles. The second-order valence-electron chi connectivity index (χ2n) is 4.09. The van der Waals surface area contributed by atoms with E-state index in [0.717, 1.165) is 10.9 Å². The highest BCUT2D eigenvalue weighted by Gasteiger charge is 2.20. The first kappa shape index (κ1) is 15.0. The number of ether oxygens (including phenoxy) is 1. The van der Waals surface area contributed by atoms with Crippen LogP contribution in [0.4, 0.5) is 0 Å². The number of aliphatic hydroxyl groups excluding tert-OH is 1. The van der Waals surface area contributed by atoms with Gasteiger partial charge in [-0.2, -0.15) is 0 Å². The Bertz CT molecular complexity index is 417. The molecule has 0 fully saturated rings. The van der Waals surface area contributed by atoms with Crippen LogP contribution in [0.5, 0.6) is 5.75 Å². The van der Waals surface area contributed by atoms with Crippen LogP contribution in [0.15, 0.2) is 22.7 Å². The standard InChI is InChI=1S/C13H17BrO4/c1-3-4-11(13(16)17)18-12-7-9(14)5-6-10(12)8(2)15/h5-8,11,15H,3-4H2,1-2H3,(H,16,17)/t8-,11?/m1/s1. The van der Waals surface area contributed by atoms with Gasteiger partial charge in [0.1, 0.15) is 5.75 Å². The molecule has 0 amide bonds. The molecule has 0 saturated carbocycles. The van der Waals surface area contributed by atoms with E-state index in [-0.39, 0.29) is 0 Å². The summed E-state index contributed by atoms with van der Waals surface area (Å²) in [6, 6.07) is 5.17. The zero-order valence-electron chi connectivity index (χ0n) is 10.4. The minimum Gasteiger partial charge on any atom is -0.479 e. The molecular weight excluding hydrogens is 300 g/mol. The lowest BCUT2D eigenvalue weighted by atomic mass is 10.1. The lowest BCUT2D eigenvalue weighted by Crippen LogP contribution is -2.27. The van der Waals surface area contributed by atoms with Gasteiger partial charge < -0.3 is 14.9 Å². The maximum absolute atomic E-state index is 11.1. The molecule has 0 aliphatic carbocycles. The van der Waals surface area contributed by atoms with E-state index in [1.54, 1.807) is 25.1 Å². The molecule has 4 nitrogen and oxygen atoms in total. The summed E-state index contributed by atoms with van der Waals surface area (Å²) in [5, 5.41) is 18.7. The molecule has 0 aromatic heterocycles. The van der Waals surface area contributed by atoms with Gasteiger partial charge in [0.2, 0.25) is 0 Å². The summed E-state index contributed by atoms with van der Waals surface area (Å²) >= 11 is 3.30. The molecule has 2 atom stereocenters. The number of carboxylic acid groups (broad SMARTS) is 1. The van der Waals surface area contributed by atoms with Gasteiger partial charge in [0.25, 0.3) is 0 Å². The molecule has 0 aliphatic heterocycles. The number of benzene rings is 1. The summed E-state index contributed by atoms with van der Waals surface area (Å²) in [6.45, 7) is 3.52. The highest BCUT2D eigenvalue weighted by molar-refractivity contribution is 9.10. The second kappa shape index (κ2) is 6.75. The molecule has 0 heterocycles. The van der Waals surface area contributed by atoms with Gasteiger partial charge in [-0.05, 0) is 25.5 Å². The number of carboxylic acids is 1. The minimum absolute atomic E-state index is 0.403. The summed E-state index contributed by atoms with van der Waals surface area (Å²) < 4.78 is 6.28. The average molecular weight is 317 g/mol. The van der Waals surface area contributed by atoms with Crippen LogP contribution >= 0.6 is 15.9 Å². The molecule has 18 heavy (non-hydrogen) atoms. The Morgan fingerprint density at radius 2 is 2.17 bits per heavy atom. The van der Waals surface area contributed by atoms with Crippen molar-refractivity contribution in [3.05, 3.63) is 28.2 Å². The fourth-order valence-electron chi connectivity index (χ4n) is 1.60. The third-order valence-electron chi connectivity index (χ3n) is 2.52. The fourth-order valence-corrected chi connectivity index (χ4v) is 1.94. The van der Waals surface area contributed by atoms with Gasteiger partial charge in [0.05, 0.1) is 6.10 Å². The molecule has 0 bridgehead atoms. The molecule has 1 aromatic rings. The first-order chi connectivity index (χ1) is 8.45. The number of aliphatic carboxylic acids is 1. The molecule has 1 rings (SSSR count). The van der Waals surface area contributed by atoms with E-state index < -0.39 is 18.2 Å². The predicted octanol–water partition coefficient (Wildman–Crippen LogP) is 3.13. The zero-order valence-corrected chi connectivity index (χ0v) is 12.0. The Morgan fingerprint density at radius 3 is 2.67 bits per heavy atom. The van der Waals surface area contributed by atoms with Crippen molar-refractivity contribution in [2.75, 3.05) is 0 Å². The molecule has 0 radical (unpaired) electrons. The van der Waals surface area contributed by atoms with Crippen LogP contribution in [0, 0.1) is 0 Å². The van der Waals surface area contributed by atoms with Gasteiger partial charge >= 0.3 is 5.97 Å². The van der Waals surface area contributed by atoms with Crippen LogP contribution < -0.4 is 4.74 Å². The number of hydrogen-bond acceptors (Lipinski definition) is 3.